The van der Waals surface area contributed by atoms with Crippen LogP contribution in [-0.2, 0) is 0 Å². The van der Waals surface area contributed by atoms with E-state index < -0.39 is 0 Å². The molecule has 0 N–H and O–H groups in total. The van der Waals surface area contributed by atoms with Crippen LogP contribution in [0.1, 0.15) is 34.8 Å². The zero-order valence-electron chi connectivity index (χ0n) is 18.7. The van der Waals surface area contributed by atoms with E-state index in [9.17, 15) is 4.79 Å². The highest BCUT2D eigenvalue weighted by atomic mass is 16.5. The van der Waals surface area contributed by atoms with Crippen LogP contribution < -0.4 is 9.47 Å². The molecule has 34 heavy (non-hydrogen) atoms. The highest BCUT2D eigenvalue weighted by molar-refractivity contribution is 5.94. The Morgan fingerprint density at radius 2 is 1.94 bits per heavy atom. The number of carbonyl (C=O) groups is 1. The Hall–Kier alpha value is -4.27. The number of pyridine rings is 1. The highest BCUT2D eigenvalue weighted by Gasteiger charge is 2.27. The lowest BCUT2D eigenvalue weighted by atomic mass is 9.94. The van der Waals surface area contributed by atoms with Crippen LogP contribution in [0.4, 0.5) is 0 Å². The van der Waals surface area contributed by atoms with Gasteiger partial charge in [0.1, 0.15) is 0 Å². The number of ether oxygens (including phenoxy) is 2. The molecule has 1 aliphatic rings. The summed E-state index contributed by atoms with van der Waals surface area (Å²) in [4.78, 5) is 28.4. The average Bonchev–Trinajstić information content (AvgIpc) is 3.44. The molecule has 0 bridgehead atoms. The Kier molecular flexibility index (Phi) is 6.15. The first-order valence-corrected chi connectivity index (χ1v) is 11.1. The Morgan fingerprint density at radius 3 is 2.71 bits per heavy atom. The molecule has 0 spiro atoms. The largest absolute Gasteiger partial charge is 0.493 e. The van der Waals surface area contributed by atoms with Crippen molar-refractivity contribution in [3.05, 3.63) is 84.7 Å². The van der Waals surface area contributed by atoms with Gasteiger partial charge in [-0.3, -0.25) is 9.78 Å². The summed E-state index contributed by atoms with van der Waals surface area (Å²) in [6, 6.07) is 12.8. The first-order valence-electron chi connectivity index (χ1n) is 11.1. The maximum atomic E-state index is 13.1. The highest BCUT2D eigenvalue weighted by Crippen LogP contribution is 2.31. The fraction of sp³-hybridized carbons (Fsp3) is 0.240. The summed E-state index contributed by atoms with van der Waals surface area (Å²) in [5, 5.41) is 4.17. The summed E-state index contributed by atoms with van der Waals surface area (Å²) in [6.07, 6.45) is 10.2. The van der Waals surface area contributed by atoms with Gasteiger partial charge in [0.05, 0.1) is 24.6 Å². The minimum atomic E-state index is -0.0430. The lowest BCUT2D eigenvalue weighted by Crippen LogP contribution is -2.39. The maximum Gasteiger partial charge on any atom is 0.255 e. The number of hydrogen-bond acceptors (Lipinski definition) is 7. The zero-order chi connectivity index (χ0) is 23.3. The molecule has 0 radical (unpaired) electrons. The normalized spacial score (nSPS) is 15.7. The van der Waals surface area contributed by atoms with Crippen LogP contribution in [0.2, 0.25) is 0 Å². The topological polar surface area (TPSA) is 95.3 Å². The predicted molar refractivity (Wildman–Crippen MR) is 124 cm³/mol. The molecule has 1 aliphatic heterocycles. The first kappa shape index (κ1) is 21.6. The van der Waals surface area contributed by atoms with Crippen LogP contribution in [0, 0.1) is 0 Å². The van der Waals surface area contributed by atoms with Gasteiger partial charge in [-0.2, -0.15) is 5.10 Å². The van der Waals surface area contributed by atoms with E-state index >= 15 is 0 Å². The number of methoxy groups -OCH3 is 1. The summed E-state index contributed by atoms with van der Waals surface area (Å²) in [5.74, 6) is 2.28. The van der Waals surface area contributed by atoms with Gasteiger partial charge in [-0.05, 0) is 43.2 Å². The number of aromatic nitrogens is 5. The number of nitrogens with zero attached hydrogens (tertiary/aromatic N) is 6. The van der Waals surface area contributed by atoms with Gasteiger partial charge in [-0.1, -0.05) is 12.1 Å². The molecule has 3 aromatic heterocycles. The Morgan fingerprint density at radius 1 is 1.06 bits per heavy atom. The first-order chi connectivity index (χ1) is 16.7. The molecule has 4 heterocycles. The second kappa shape index (κ2) is 9.70. The van der Waals surface area contributed by atoms with Crippen molar-refractivity contribution in [3.63, 3.8) is 0 Å². The lowest BCUT2D eigenvalue weighted by molar-refractivity contribution is 0.0705. The van der Waals surface area contributed by atoms with E-state index in [4.69, 9.17) is 9.47 Å². The van der Waals surface area contributed by atoms with E-state index in [0.717, 1.165) is 18.5 Å². The van der Waals surface area contributed by atoms with Gasteiger partial charge in [0, 0.05) is 43.8 Å². The smallest absolute Gasteiger partial charge is 0.255 e. The van der Waals surface area contributed by atoms with E-state index in [-0.39, 0.29) is 11.8 Å². The third-order valence-corrected chi connectivity index (χ3v) is 5.78. The number of likely N-dealkylation sites (tertiary alicyclic amines) is 1. The lowest BCUT2D eigenvalue weighted by Gasteiger charge is -2.32. The van der Waals surface area contributed by atoms with Crippen molar-refractivity contribution in [1.82, 2.24) is 29.6 Å². The van der Waals surface area contributed by atoms with Crippen LogP contribution in [0.3, 0.4) is 0 Å². The molecule has 0 unspecified atom stereocenters. The third kappa shape index (κ3) is 4.59. The summed E-state index contributed by atoms with van der Waals surface area (Å²) in [5.41, 5.74) is 1.35. The van der Waals surface area contributed by atoms with Crippen LogP contribution in [0.5, 0.6) is 17.4 Å². The SMILES string of the molecule is COc1ccccc1Oc1cncc([C@H]2CCCN(C(=O)c3ccc(-n4cccn4)nc3)C2)n1. The number of para-hydroxylation sites is 2. The van der Waals surface area contributed by atoms with Gasteiger partial charge in [0.2, 0.25) is 5.88 Å². The van der Waals surface area contributed by atoms with Crippen molar-refractivity contribution in [2.24, 2.45) is 0 Å². The van der Waals surface area contributed by atoms with Crippen LogP contribution in [0.25, 0.3) is 5.82 Å². The summed E-state index contributed by atoms with van der Waals surface area (Å²) < 4.78 is 12.9. The molecule has 4 aromatic rings. The van der Waals surface area contributed by atoms with E-state index in [2.05, 4.69) is 20.1 Å². The van der Waals surface area contributed by atoms with Crippen LogP contribution in [0.15, 0.2) is 73.4 Å². The number of piperidine rings is 1. The Balaban J connectivity index is 1.29. The molecule has 1 atom stereocenters. The van der Waals surface area contributed by atoms with Gasteiger partial charge in [-0.25, -0.2) is 14.6 Å². The van der Waals surface area contributed by atoms with Crippen molar-refractivity contribution < 1.29 is 14.3 Å². The van der Waals surface area contributed by atoms with Crippen molar-refractivity contribution >= 4 is 5.91 Å². The molecular weight excluding hydrogens is 432 g/mol. The minimum absolute atomic E-state index is 0.0430. The molecule has 1 aromatic carbocycles. The average molecular weight is 457 g/mol. The van der Waals surface area contributed by atoms with Crippen molar-refractivity contribution in [2.45, 2.75) is 18.8 Å². The minimum Gasteiger partial charge on any atom is -0.493 e. The number of carbonyl (C=O) groups excluding carboxylic acids is 1. The fourth-order valence-corrected chi connectivity index (χ4v) is 4.06. The standard InChI is InChI=1S/C25H24N6O3/c1-33-21-7-2-3-8-22(21)34-24-16-26-15-20(29-24)19-6-4-12-30(17-19)25(32)18-9-10-23(27-14-18)31-13-5-11-28-31/h2-3,5,7-11,13-16,19H,4,6,12,17H2,1H3/t19-/m0/s1. The fourth-order valence-electron chi connectivity index (χ4n) is 4.06. The quantitative estimate of drug-likeness (QED) is 0.434. The molecular formula is C25H24N6O3. The Bertz CT molecular complexity index is 1260. The summed E-state index contributed by atoms with van der Waals surface area (Å²) in [6.45, 7) is 1.26. The zero-order valence-corrected chi connectivity index (χ0v) is 18.7. The van der Waals surface area contributed by atoms with Crippen molar-refractivity contribution in [1.29, 1.82) is 0 Å². The van der Waals surface area contributed by atoms with E-state index in [1.54, 1.807) is 48.7 Å². The molecule has 1 amide bonds. The van der Waals surface area contributed by atoms with E-state index in [1.165, 1.54) is 0 Å². The molecule has 9 nitrogen and oxygen atoms in total. The van der Waals surface area contributed by atoms with Gasteiger partial charge in [0.15, 0.2) is 17.3 Å². The molecule has 5 rings (SSSR count). The van der Waals surface area contributed by atoms with Crippen molar-refractivity contribution in [3.8, 4) is 23.2 Å². The van der Waals surface area contributed by atoms with Gasteiger partial charge >= 0.3 is 0 Å². The Labute approximate surface area is 197 Å². The number of amides is 1. The summed E-state index contributed by atoms with van der Waals surface area (Å²) in [7, 11) is 1.60. The molecule has 0 saturated carbocycles. The van der Waals surface area contributed by atoms with Gasteiger partial charge < -0.3 is 14.4 Å². The molecule has 1 fully saturated rings. The number of rotatable bonds is 6. The molecule has 1 saturated heterocycles. The van der Waals surface area contributed by atoms with E-state index in [1.807, 2.05) is 41.4 Å². The third-order valence-electron chi connectivity index (χ3n) is 5.78. The second-order valence-corrected chi connectivity index (χ2v) is 7.98. The molecule has 0 aliphatic carbocycles. The van der Waals surface area contributed by atoms with Crippen molar-refractivity contribution in [2.75, 3.05) is 20.2 Å². The predicted octanol–water partition coefficient (Wildman–Crippen LogP) is 3.88. The number of hydrogen-bond donors (Lipinski definition) is 0. The van der Waals surface area contributed by atoms with Gasteiger partial charge in [-0.15, -0.1) is 0 Å². The summed E-state index contributed by atoms with van der Waals surface area (Å²) >= 11 is 0. The van der Waals surface area contributed by atoms with Crippen LogP contribution in [-0.4, -0.2) is 55.7 Å². The molecule has 172 valence electrons. The van der Waals surface area contributed by atoms with Crippen LogP contribution >= 0.6 is 0 Å². The van der Waals surface area contributed by atoms with Gasteiger partial charge in [0.25, 0.3) is 5.91 Å². The van der Waals surface area contributed by atoms with E-state index in [0.29, 0.717) is 41.8 Å². The second-order valence-electron chi connectivity index (χ2n) is 7.98. The molecule has 9 heteroatoms. The number of benzene rings is 1. The monoisotopic (exact) mass is 456 g/mol. The maximum absolute atomic E-state index is 13.1.